The summed E-state index contributed by atoms with van der Waals surface area (Å²) in [5.74, 6) is 0.831. The molecule has 0 spiro atoms. The molecule has 0 aliphatic heterocycles. The summed E-state index contributed by atoms with van der Waals surface area (Å²) in [6.45, 7) is 6.49. The zero-order chi connectivity index (χ0) is 19.4. The summed E-state index contributed by atoms with van der Waals surface area (Å²) in [4.78, 5) is 4.64. The van der Waals surface area contributed by atoms with Gasteiger partial charge >= 0.3 is 0 Å². The molecule has 1 aromatic heterocycles. The Morgan fingerprint density at radius 3 is 2.44 bits per heavy atom. The van der Waals surface area contributed by atoms with Crippen molar-refractivity contribution in [3.05, 3.63) is 75.8 Å². The average Bonchev–Trinajstić information content (AvgIpc) is 2.62. The van der Waals surface area contributed by atoms with Gasteiger partial charge in [0.25, 0.3) is 0 Å². The zero-order valence-electron chi connectivity index (χ0n) is 15.9. The molecule has 0 aliphatic rings. The minimum absolute atomic E-state index is 0.268. The van der Waals surface area contributed by atoms with Crippen LogP contribution in [-0.2, 0) is 13.0 Å². The van der Waals surface area contributed by atoms with Gasteiger partial charge in [-0.1, -0.05) is 43.1 Å². The minimum atomic E-state index is 0.268. The van der Waals surface area contributed by atoms with Crippen LogP contribution in [0.2, 0.25) is 5.02 Å². The Labute approximate surface area is 165 Å². The number of phenols is 1. The van der Waals surface area contributed by atoms with Crippen LogP contribution < -0.4 is 4.74 Å². The highest BCUT2D eigenvalue weighted by Crippen LogP contribution is 2.30. The van der Waals surface area contributed by atoms with Crippen molar-refractivity contribution in [3.63, 3.8) is 0 Å². The fourth-order valence-corrected chi connectivity index (χ4v) is 3.59. The van der Waals surface area contributed by atoms with Gasteiger partial charge in [0.15, 0.2) is 0 Å². The number of nitrogens with zero attached hydrogens (tertiary/aromatic N) is 1. The highest BCUT2D eigenvalue weighted by molar-refractivity contribution is 6.31. The Bertz CT molecular complexity index is 930. The molecule has 0 fully saturated rings. The first kappa shape index (κ1) is 19.2. The van der Waals surface area contributed by atoms with Gasteiger partial charge < -0.3 is 9.84 Å². The fraction of sp³-hybridized carbons (Fsp3) is 0.261. The molecule has 3 nitrogen and oxygen atoms in total. The van der Waals surface area contributed by atoms with Crippen molar-refractivity contribution in [2.24, 2.45) is 0 Å². The van der Waals surface area contributed by atoms with Gasteiger partial charge in [0.05, 0.1) is 5.69 Å². The second kappa shape index (κ2) is 8.45. The lowest BCUT2D eigenvalue weighted by Gasteiger charge is -2.12. The number of pyridine rings is 1. The summed E-state index contributed by atoms with van der Waals surface area (Å²) in [6, 6.07) is 15.3. The fourth-order valence-electron chi connectivity index (χ4n) is 3.29. The van der Waals surface area contributed by atoms with E-state index in [0.717, 1.165) is 45.8 Å². The van der Waals surface area contributed by atoms with Crippen molar-refractivity contribution in [2.45, 2.75) is 40.2 Å². The third kappa shape index (κ3) is 4.61. The Hall–Kier alpha value is -2.52. The second-order valence-electron chi connectivity index (χ2n) is 6.78. The molecular weight excluding hydrogens is 358 g/mol. The van der Waals surface area contributed by atoms with Crippen molar-refractivity contribution in [1.82, 2.24) is 4.98 Å². The van der Waals surface area contributed by atoms with E-state index in [1.165, 1.54) is 5.56 Å². The molecule has 1 N–H and O–H groups in total. The van der Waals surface area contributed by atoms with Gasteiger partial charge in [0.1, 0.15) is 12.4 Å². The molecule has 0 saturated carbocycles. The van der Waals surface area contributed by atoms with Crippen LogP contribution in [0.4, 0.5) is 0 Å². The van der Waals surface area contributed by atoms with Crippen LogP contribution in [0.3, 0.4) is 0 Å². The first-order valence-electron chi connectivity index (χ1n) is 9.15. The molecule has 0 saturated heterocycles. The Kier molecular flexibility index (Phi) is 6.02. The minimum Gasteiger partial charge on any atom is -0.508 e. The van der Waals surface area contributed by atoms with Gasteiger partial charge in [0, 0.05) is 16.7 Å². The van der Waals surface area contributed by atoms with E-state index in [2.05, 4.69) is 24.0 Å². The van der Waals surface area contributed by atoms with Gasteiger partial charge in [-0.05, 0) is 66.8 Å². The summed E-state index contributed by atoms with van der Waals surface area (Å²) in [7, 11) is 0. The van der Waals surface area contributed by atoms with Crippen LogP contribution in [0.15, 0.2) is 48.5 Å². The molecule has 4 heteroatoms. The lowest BCUT2D eigenvalue weighted by molar-refractivity contribution is 0.294. The van der Waals surface area contributed by atoms with Crippen LogP contribution in [0.5, 0.6) is 11.6 Å². The third-order valence-corrected chi connectivity index (χ3v) is 4.87. The van der Waals surface area contributed by atoms with Gasteiger partial charge in [-0.3, -0.25) is 0 Å². The first-order valence-corrected chi connectivity index (χ1v) is 9.53. The van der Waals surface area contributed by atoms with Crippen LogP contribution in [-0.4, -0.2) is 10.1 Å². The summed E-state index contributed by atoms with van der Waals surface area (Å²) >= 11 is 6.35. The van der Waals surface area contributed by atoms with E-state index in [9.17, 15) is 5.11 Å². The number of ether oxygens (including phenoxy) is 1. The molecule has 27 heavy (non-hydrogen) atoms. The Morgan fingerprint density at radius 1 is 1.04 bits per heavy atom. The van der Waals surface area contributed by atoms with Gasteiger partial charge in [-0.25, -0.2) is 4.98 Å². The summed E-state index contributed by atoms with van der Waals surface area (Å²) in [6.07, 6.45) is 2.05. The van der Waals surface area contributed by atoms with Crippen molar-refractivity contribution < 1.29 is 9.84 Å². The lowest BCUT2D eigenvalue weighted by Crippen LogP contribution is -1.99. The maximum atomic E-state index is 9.75. The normalized spacial score (nSPS) is 10.8. The summed E-state index contributed by atoms with van der Waals surface area (Å²) in [5.41, 5.74) is 6.00. The number of halogens is 1. The monoisotopic (exact) mass is 381 g/mol. The highest BCUT2D eigenvalue weighted by atomic mass is 35.5. The molecule has 0 aliphatic carbocycles. The maximum Gasteiger partial charge on any atom is 0.214 e. The number of aromatic hydroxyl groups is 1. The second-order valence-corrected chi connectivity index (χ2v) is 7.19. The number of benzene rings is 2. The van der Waals surface area contributed by atoms with Gasteiger partial charge in [-0.2, -0.15) is 0 Å². The van der Waals surface area contributed by atoms with Crippen LogP contribution in [0.25, 0.3) is 11.3 Å². The predicted octanol–water partition coefficient (Wildman–Crippen LogP) is 6.26. The number of hydrogen-bond acceptors (Lipinski definition) is 3. The van der Waals surface area contributed by atoms with Crippen LogP contribution >= 0.6 is 11.6 Å². The summed E-state index contributed by atoms with van der Waals surface area (Å²) in [5, 5.41) is 10.5. The molecule has 1 heterocycles. The van der Waals surface area contributed by atoms with E-state index in [0.29, 0.717) is 12.5 Å². The zero-order valence-corrected chi connectivity index (χ0v) is 16.7. The molecule has 3 rings (SSSR count). The standard InChI is InChI=1S/C23H24ClNO2/c1-4-6-18-10-9-17(13-20(18)24)14-27-22-8-5-7-21(25-22)23-15(2)11-19(26)12-16(23)3/h5,7-13,26H,4,6,14H2,1-3H3. The van der Waals surface area contributed by atoms with E-state index < -0.39 is 0 Å². The van der Waals surface area contributed by atoms with Crippen molar-refractivity contribution in [3.8, 4) is 22.9 Å². The number of aromatic nitrogens is 1. The largest absolute Gasteiger partial charge is 0.508 e. The SMILES string of the molecule is CCCc1ccc(COc2cccc(-c3c(C)cc(O)cc3C)n2)cc1Cl. The first-order chi connectivity index (χ1) is 13.0. The van der Waals surface area contributed by atoms with Crippen molar-refractivity contribution in [2.75, 3.05) is 0 Å². The van der Waals surface area contributed by atoms with Crippen molar-refractivity contribution in [1.29, 1.82) is 0 Å². The summed E-state index contributed by atoms with van der Waals surface area (Å²) < 4.78 is 5.89. The maximum absolute atomic E-state index is 9.75. The quantitative estimate of drug-likeness (QED) is 0.548. The van der Waals surface area contributed by atoms with E-state index >= 15 is 0 Å². The van der Waals surface area contributed by atoms with Crippen molar-refractivity contribution >= 4 is 11.6 Å². The Balaban J connectivity index is 1.78. The molecule has 0 amide bonds. The predicted molar refractivity (Wildman–Crippen MR) is 111 cm³/mol. The number of aryl methyl sites for hydroxylation is 3. The molecule has 0 atom stereocenters. The number of phenolic OH excluding ortho intramolecular Hbond substituents is 1. The molecule has 0 radical (unpaired) electrons. The smallest absolute Gasteiger partial charge is 0.214 e. The average molecular weight is 382 g/mol. The molecule has 3 aromatic rings. The topological polar surface area (TPSA) is 42.4 Å². The Morgan fingerprint density at radius 2 is 1.78 bits per heavy atom. The van der Waals surface area contributed by atoms with E-state index in [-0.39, 0.29) is 5.75 Å². The highest BCUT2D eigenvalue weighted by Gasteiger charge is 2.10. The molecule has 0 unspecified atom stereocenters. The van der Waals surface area contributed by atoms with E-state index in [1.54, 1.807) is 12.1 Å². The molecule has 2 aromatic carbocycles. The molecule has 0 bridgehead atoms. The third-order valence-electron chi connectivity index (χ3n) is 4.52. The number of hydrogen-bond donors (Lipinski definition) is 1. The van der Waals surface area contributed by atoms with Crippen LogP contribution in [0, 0.1) is 13.8 Å². The van der Waals surface area contributed by atoms with Gasteiger partial charge in [-0.15, -0.1) is 0 Å². The van der Waals surface area contributed by atoms with Crippen LogP contribution in [0.1, 0.15) is 35.6 Å². The molecule has 140 valence electrons. The van der Waals surface area contributed by atoms with Gasteiger partial charge in [0.2, 0.25) is 5.88 Å². The number of rotatable bonds is 6. The molecular formula is C23H24ClNO2. The lowest BCUT2D eigenvalue weighted by atomic mass is 9.99. The van der Waals surface area contributed by atoms with E-state index in [4.69, 9.17) is 16.3 Å². The van der Waals surface area contributed by atoms with E-state index in [1.807, 2.05) is 38.1 Å².